The molecule has 0 aliphatic heterocycles. The number of nitrogens with zero attached hydrogens (tertiary/aromatic N) is 2. The first-order chi connectivity index (χ1) is 3.83. The highest BCUT2D eigenvalue weighted by Gasteiger charge is 1.85. The first-order valence-corrected chi connectivity index (χ1v) is 3.23. The predicted molar refractivity (Wildman–Crippen MR) is 41.3 cm³/mol. The largest absolute Gasteiger partial charge is 0.248 e. The highest BCUT2D eigenvalue weighted by molar-refractivity contribution is 14.1. The van der Waals surface area contributed by atoms with E-state index in [4.69, 9.17) is 0 Å². The van der Waals surface area contributed by atoms with E-state index in [2.05, 4.69) is 34.3 Å². The second kappa shape index (κ2) is 2.30. The molecule has 0 atom stereocenters. The molecule has 2 nitrogen and oxygen atoms in total. The van der Waals surface area contributed by atoms with Gasteiger partial charge in [0.1, 0.15) is 0 Å². The maximum atomic E-state index is 3.93. The van der Waals surface area contributed by atoms with Crippen LogP contribution in [0.15, 0.2) is 19.0 Å². The first-order valence-electron chi connectivity index (χ1n) is 2.15. The second-order valence-electron chi connectivity index (χ2n) is 1.32. The minimum atomic E-state index is 1.13. The Morgan fingerprint density at radius 2 is 2.62 bits per heavy atom. The summed E-state index contributed by atoms with van der Waals surface area (Å²) in [6.07, 6.45) is 5.33. The van der Waals surface area contributed by atoms with Crippen LogP contribution in [0.2, 0.25) is 0 Å². The van der Waals surface area contributed by atoms with Gasteiger partial charge in [-0.3, -0.25) is 0 Å². The van der Waals surface area contributed by atoms with Gasteiger partial charge in [0.15, 0.2) is 0 Å². The van der Waals surface area contributed by atoms with Crippen LogP contribution in [-0.4, -0.2) is 9.78 Å². The van der Waals surface area contributed by atoms with E-state index in [1.54, 1.807) is 17.1 Å². The molecule has 0 bridgehead atoms. The smallest absolute Gasteiger partial charge is 0.0627 e. The average molecular weight is 220 g/mol. The quantitative estimate of drug-likeness (QED) is 0.657. The van der Waals surface area contributed by atoms with E-state index >= 15 is 0 Å². The minimum Gasteiger partial charge on any atom is -0.248 e. The molecule has 0 amide bonds. The molecular weight excluding hydrogens is 215 g/mol. The molecule has 1 aromatic heterocycles. The van der Waals surface area contributed by atoms with E-state index in [1.807, 2.05) is 6.20 Å². The molecule has 0 spiro atoms. The normalized spacial score (nSPS) is 9.12. The van der Waals surface area contributed by atoms with Crippen LogP contribution in [-0.2, 0) is 0 Å². The van der Waals surface area contributed by atoms with Crippen molar-refractivity contribution < 1.29 is 0 Å². The standard InChI is InChI=1S/C5H5IN2/c1-2-8-4-5(6)3-7-8/h2-4H,1H2. The molecule has 1 heterocycles. The Morgan fingerprint density at radius 1 is 1.88 bits per heavy atom. The van der Waals surface area contributed by atoms with Gasteiger partial charge in [-0.1, -0.05) is 6.58 Å². The summed E-state index contributed by atoms with van der Waals surface area (Å²) in [4.78, 5) is 0. The number of rotatable bonds is 1. The van der Waals surface area contributed by atoms with Gasteiger partial charge in [-0.25, -0.2) is 4.68 Å². The Morgan fingerprint density at radius 3 is 2.88 bits per heavy atom. The highest BCUT2D eigenvalue weighted by Crippen LogP contribution is 1.99. The average Bonchev–Trinajstić information content (AvgIpc) is 2.14. The SMILES string of the molecule is C=Cn1cc(I)cn1. The molecular formula is C5H5IN2. The second-order valence-corrected chi connectivity index (χ2v) is 2.57. The van der Waals surface area contributed by atoms with Crippen LogP contribution >= 0.6 is 22.6 Å². The van der Waals surface area contributed by atoms with E-state index in [-0.39, 0.29) is 0 Å². The van der Waals surface area contributed by atoms with E-state index in [9.17, 15) is 0 Å². The lowest BCUT2D eigenvalue weighted by atomic mass is 10.7. The van der Waals surface area contributed by atoms with Gasteiger partial charge in [0.25, 0.3) is 0 Å². The molecule has 0 aromatic carbocycles. The van der Waals surface area contributed by atoms with Gasteiger partial charge in [-0.05, 0) is 22.6 Å². The molecule has 0 N–H and O–H groups in total. The van der Waals surface area contributed by atoms with E-state index in [0.29, 0.717) is 0 Å². The zero-order valence-electron chi connectivity index (χ0n) is 4.21. The van der Waals surface area contributed by atoms with Crippen molar-refractivity contribution in [3.63, 3.8) is 0 Å². The molecule has 0 radical (unpaired) electrons. The molecule has 8 heavy (non-hydrogen) atoms. The maximum Gasteiger partial charge on any atom is 0.0627 e. The Balaban J connectivity index is 3.00. The minimum absolute atomic E-state index is 1.13. The Kier molecular flexibility index (Phi) is 1.67. The van der Waals surface area contributed by atoms with E-state index < -0.39 is 0 Å². The molecule has 3 heteroatoms. The van der Waals surface area contributed by atoms with Gasteiger partial charge in [0.2, 0.25) is 0 Å². The fourth-order valence-electron chi connectivity index (χ4n) is 0.415. The number of halogens is 1. The van der Waals surface area contributed by atoms with Crippen LogP contribution in [0.25, 0.3) is 6.20 Å². The Bertz CT molecular complexity index is 192. The summed E-state index contributed by atoms with van der Waals surface area (Å²) >= 11 is 2.19. The zero-order chi connectivity index (χ0) is 5.98. The van der Waals surface area contributed by atoms with Crippen molar-refractivity contribution >= 4 is 28.8 Å². The summed E-state index contributed by atoms with van der Waals surface area (Å²) in [5.41, 5.74) is 0. The lowest BCUT2D eigenvalue weighted by Gasteiger charge is -1.81. The van der Waals surface area contributed by atoms with Crippen molar-refractivity contribution in [2.24, 2.45) is 0 Å². The van der Waals surface area contributed by atoms with Gasteiger partial charge >= 0.3 is 0 Å². The molecule has 0 fully saturated rings. The van der Waals surface area contributed by atoms with Crippen molar-refractivity contribution in [3.05, 3.63) is 22.5 Å². The fraction of sp³-hybridized carbons (Fsp3) is 0. The van der Waals surface area contributed by atoms with Gasteiger partial charge in [-0.2, -0.15) is 5.10 Å². The Labute approximate surface area is 61.3 Å². The number of aromatic nitrogens is 2. The monoisotopic (exact) mass is 220 g/mol. The van der Waals surface area contributed by atoms with Crippen LogP contribution in [0.5, 0.6) is 0 Å². The third-order valence-corrected chi connectivity index (χ3v) is 1.31. The third kappa shape index (κ3) is 1.09. The Hall–Kier alpha value is -0.320. The van der Waals surface area contributed by atoms with E-state index in [1.165, 1.54) is 0 Å². The van der Waals surface area contributed by atoms with Crippen molar-refractivity contribution in [3.8, 4) is 0 Å². The van der Waals surface area contributed by atoms with Crippen LogP contribution in [0, 0.1) is 3.57 Å². The van der Waals surface area contributed by atoms with Crippen LogP contribution in [0.3, 0.4) is 0 Å². The predicted octanol–water partition coefficient (Wildman–Crippen LogP) is 1.59. The zero-order valence-corrected chi connectivity index (χ0v) is 6.37. The topological polar surface area (TPSA) is 17.8 Å². The highest BCUT2D eigenvalue weighted by atomic mass is 127. The van der Waals surface area contributed by atoms with Crippen molar-refractivity contribution in [1.29, 1.82) is 0 Å². The molecule has 0 saturated carbocycles. The fourth-order valence-corrected chi connectivity index (χ4v) is 0.825. The van der Waals surface area contributed by atoms with Crippen LogP contribution < -0.4 is 0 Å². The molecule has 1 aromatic rings. The first kappa shape index (κ1) is 5.81. The molecule has 0 aliphatic rings. The van der Waals surface area contributed by atoms with Crippen LogP contribution in [0.4, 0.5) is 0 Å². The molecule has 1 rings (SSSR count). The van der Waals surface area contributed by atoms with Gasteiger partial charge in [-0.15, -0.1) is 0 Å². The third-order valence-electron chi connectivity index (χ3n) is 0.757. The van der Waals surface area contributed by atoms with Crippen molar-refractivity contribution in [2.45, 2.75) is 0 Å². The van der Waals surface area contributed by atoms with Crippen LogP contribution in [0.1, 0.15) is 0 Å². The summed E-state index contributed by atoms with van der Waals surface area (Å²) in [6, 6.07) is 0. The number of hydrogen-bond donors (Lipinski definition) is 0. The van der Waals surface area contributed by atoms with Gasteiger partial charge < -0.3 is 0 Å². The summed E-state index contributed by atoms with van der Waals surface area (Å²) < 4.78 is 2.80. The summed E-state index contributed by atoms with van der Waals surface area (Å²) in [6.45, 7) is 3.54. The lowest BCUT2D eigenvalue weighted by molar-refractivity contribution is 0.937. The van der Waals surface area contributed by atoms with E-state index in [0.717, 1.165) is 3.57 Å². The maximum absolute atomic E-state index is 3.93. The van der Waals surface area contributed by atoms with Crippen molar-refractivity contribution in [2.75, 3.05) is 0 Å². The van der Waals surface area contributed by atoms with Gasteiger partial charge in [0.05, 0.1) is 9.77 Å². The molecule has 0 aliphatic carbocycles. The molecule has 42 valence electrons. The summed E-state index contributed by atoms with van der Waals surface area (Å²) in [5.74, 6) is 0. The molecule has 0 unspecified atom stereocenters. The summed E-state index contributed by atoms with van der Waals surface area (Å²) in [5, 5.41) is 3.93. The molecule has 0 saturated heterocycles. The van der Waals surface area contributed by atoms with Crippen molar-refractivity contribution in [1.82, 2.24) is 9.78 Å². The van der Waals surface area contributed by atoms with Gasteiger partial charge in [0, 0.05) is 12.4 Å². The number of hydrogen-bond acceptors (Lipinski definition) is 1. The summed E-state index contributed by atoms with van der Waals surface area (Å²) in [7, 11) is 0. The lowest BCUT2D eigenvalue weighted by Crippen LogP contribution is -1.81.